The number of methoxy groups -OCH3 is 1. The number of thioether (sulfide) groups is 1. The minimum atomic E-state index is 0.261. The van der Waals surface area contributed by atoms with Gasteiger partial charge in [0.1, 0.15) is 5.75 Å². The smallest absolute Gasteiger partial charge is 0.119 e. The van der Waals surface area contributed by atoms with Crippen molar-refractivity contribution in [3.63, 3.8) is 0 Å². The van der Waals surface area contributed by atoms with Crippen LogP contribution in [0.25, 0.3) is 0 Å². The van der Waals surface area contributed by atoms with Crippen LogP contribution in [0.15, 0.2) is 24.3 Å². The summed E-state index contributed by atoms with van der Waals surface area (Å²) < 4.78 is 5.25. The van der Waals surface area contributed by atoms with E-state index in [0.717, 1.165) is 18.0 Å². The van der Waals surface area contributed by atoms with Crippen molar-refractivity contribution in [2.45, 2.75) is 6.04 Å². The molecular formula is C13H22N2OS. The molecule has 1 atom stereocenters. The number of rotatable bonds is 7. The van der Waals surface area contributed by atoms with Gasteiger partial charge in [0.2, 0.25) is 0 Å². The molecule has 17 heavy (non-hydrogen) atoms. The van der Waals surface area contributed by atoms with Crippen molar-refractivity contribution in [1.29, 1.82) is 0 Å². The van der Waals surface area contributed by atoms with Crippen molar-refractivity contribution < 1.29 is 4.74 Å². The van der Waals surface area contributed by atoms with E-state index in [1.165, 1.54) is 5.56 Å². The van der Waals surface area contributed by atoms with Crippen LogP contribution in [0.1, 0.15) is 11.6 Å². The lowest BCUT2D eigenvalue weighted by Crippen LogP contribution is -2.32. The highest BCUT2D eigenvalue weighted by Gasteiger charge is 2.15. The molecule has 3 nitrogen and oxygen atoms in total. The monoisotopic (exact) mass is 254 g/mol. The first-order chi connectivity index (χ1) is 8.22. The Kier molecular flexibility index (Phi) is 6.40. The molecule has 96 valence electrons. The predicted molar refractivity (Wildman–Crippen MR) is 75.8 cm³/mol. The third-order valence-corrected chi connectivity index (χ3v) is 3.47. The fourth-order valence-electron chi connectivity index (χ4n) is 1.81. The highest BCUT2D eigenvalue weighted by atomic mass is 32.2. The Balaban J connectivity index is 2.77. The Bertz CT molecular complexity index is 333. The van der Waals surface area contributed by atoms with E-state index in [0.29, 0.717) is 6.54 Å². The van der Waals surface area contributed by atoms with E-state index in [4.69, 9.17) is 10.5 Å². The van der Waals surface area contributed by atoms with E-state index >= 15 is 0 Å². The lowest BCUT2D eigenvalue weighted by atomic mass is 10.1. The average molecular weight is 254 g/mol. The molecular weight excluding hydrogens is 232 g/mol. The first-order valence-electron chi connectivity index (χ1n) is 5.76. The van der Waals surface area contributed by atoms with E-state index in [-0.39, 0.29) is 6.04 Å². The summed E-state index contributed by atoms with van der Waals surface area (Å²) in [6, 6.07) is 8.40. The van der Waals surface area contributed by atoms with Gasteiger partial charge >= 0.3 is 0 Å². The fraction of sp³-hybridized carbons (Fsp3) is 0.538. The number of nitrogens with two attached hydrogens (primary N) is 1. The average Bonchev–Trinajstić information content (AvgIpc) is 2.37. The molecule has 0 aromatic heterocycles. The maximum Gasteiger partial charge on any atom is 0.119 e. The van der Waals surface area contributed by atoms with E-state index in [1.807, 2.05) is 23.9 Å². The van der Waals surface area contributed by atoms with Gasteiger partial charge < -0.3 is 10.5 Å². The second kappa shape index (κ2) is 7.58. The van der Waals surface area contributed by atoms with Gasteiger partial charge in [-0.2, -0.15) is 11.8 Å². The van der Waals surface area contributed by atoms with Crippen molar-refractivity contribution in [2.24, 2.45) is 5.73 Å². The zero-order chi connectivity index (χ0) is 12.7. The molecule has 0 aliphatic rings. The van der Waals surface area contributed by atoms with Gasteiger partial charge in [-0.3, -0.25) is 4.90 Å². The van der Waals surface area contributed by atoms with Gasteiger partial charge in [-0.1, -0.05) is 12.1 Å². The van der Waals surface area contributed by atoms with Crippen LogP contribution >= 0.6 is 11.8 Å². The summed E-state index contributed by atoms with van der Waals surface area (Å²) >= 11 is 1.85. The Morgan fingerprint density at radius 3 is 2.82 bits per heavy atom. The summed E-state index contributed by atoms with van der Waals surface area (Å²) in [6.07, 6.45) is 2.12. The van der Waals surface area contributed by atoms with E-state index in [9.17, 15) is 0 Å². The Hall–Kier alpha value is -0.710. The highest BCUT2D eigenvalue weighted by Crippen LogP contribution is 2.22. The summed E-state index contributed by atoms with van der Waals surface area (Å²) in [7, 11) is 3.81. The molecule has 0 amide bonds. The molecule has 1 unspecified atom stereocenters. The third kappa shape index (κ3) is 4.22. The topological polar surface area (TPSA) is 38.5 Å². The maximum atomic E-state index is 5.88. The minimum Gasteiger partial charge on any atom is -0.497 e. The maximum absolute atomic E-state index is 5.88. The van der Waals surface area contributed by atoms with Crippen LogP contribution in [0.2, 0.25) is 0 Å². The van der Waals surface area contributed by atoms with E-state index in [1.54, 1.807) is 7.11 Å². The van der Waals surface area contributed by atoms with Gasteiger partial charge in [0.25, 0.3) is 0 Å². The largest absolute Gasteiger partial charge is 0.497 e. The van der Waals surface area contributed by atoms with E-state index < -0.39 is 0 Å². The first kappa shape index (κ1) is 14.4. The molecule has 0 spiro atoms. The normalized spacial score (nSPS) is 12.8. The summed E-state index contributed by atoms with van der Waals surface area (Å²) in [6.45, 7) is 1.66. The van der Waals surface area contributed by atoms with Gasteiger partial charge in [-0.05, 0) is 31.0 Å². The third-order valence-electron chi connectivity index (χ3n) is 2.88. The molecule has 0 saturated heterocycles. The number of hydrogen-bond acceptors (Lipinski definition) is 4. The highest BCUT2D eigenvalue weighted by molar-refractivity contribution is 7.98. The summed E-state index contributed by atoms with van der Waals surface area (Å²) in [4.78, 5) is 2.30. The summed E-state index contributed by atoms with van der Waals surface area (Å²) in [5.74, 6) is 2.01. The molecule has 1 aromatic rings. The van der Waals surface area contributed by atoms with Gasteiger partial charge in [-0.25, -0.2) is 0 Å². The number of ether oxygens (including phenoxy) is 1. The lowest BCUT2D eigenvalue weighted by molar-refractivity contribution is 0.265. The van der Waals surface area contributed by atoms with Crippen molar-refractivity contribution in [3.8, 4) is 5.75 Å². The zero-order valence-electron chi connectivity index (χ0n) is 10.8. The number of hydrogen-bond donors (Lipinski definition) is 1. The Morgan fingerprint density at radius 2 is 2.24 bits per heavy atom. The molecule has 0 aliphatic heterocycles. The van der Waals surface area contributed by atoms with Gasteiger partial charge in [0, 0.05) is 24.9 Å². The van der Waals surface area contributed by atoms with Crippen LogP contribution in [-0.4, -0.2) is 44.2 Å². The number of nitrogens with zero attached hydrogens (tertiary/aromatic N) is 1. The second-order valence-corrected chi connectivity index (χ2v) is 4.99. The summed E-state index contributed by atoms with van der Waals surface area (Å²) in [5, 5.41) is 0. The van der Waals surface area contributed by atoms with Gasteiger partial charge in [0.05, 0.1) is 7.11 Å². The minimum absolute atomic E-state index is 0.261. The Morgan fingerprint density at radius 1 is 1.47 bits per heavy atom. The van der Waals surface area contributed by atoms with Crippen LogP contribution in [-0.2, 0) is 0 Å². The zero-order valence-corrected chi connectivity index (χ0v) is 11.7. The van der Waals surface area contributed by atoms with Crippen molar-refractivity contribution in [2.75, 3.05) is 39.3 Å². The van der Waals surface area contributed by atoms with E-state index in [2.05, 4.69) is 30.3 Å². The van der Waals surface area contributed by atoms with Gasteiger partial charge in [0.15, 0.2) is 0 Å². The number of benzene rings is 1. The molecule has 2 N–H and O–H groups in total. The lowest BCUT2D eigenvalue weighted by Gasteiger charge is -2.27. The molecule has 0 saturated carbocycles. The quantitative estimate of drug-likeness (QED) is 0.807. The standard InChI is InChI=1S/C13H22N2OS/c1-15(7-8-17-3)13(10-14)11-5-4-6-12(9-11)16-2/h4-6,9,13H,7-8,10,14H2,1-3H3. The molecule has 0 radical (unpaired) electrons. The molecule has 1 aromatic carbocycles. The van der Waals surface area contributed by atoms with Crippen LogP contribution in [0.4, 0.5) is 0 Å². The number of likely N-dealkylation sites (N-methyl/N-ethyl adjacent to an activating group) is 1. The molecule has 0 aliphatic carbocycles. The van der Waals surface area contributed by atoms with Crippen LogP contribution < -0.4 is 10.5 Å². The van der Waals surface area contributed by atoms with Crippen molar-refractivity contribution in [1.82, 2.24) is 4.90 Å². The van der Waals surface area contributed by atoms with Crippen LogP contribution in [0.5, 0.6) is 5.75 Å². The molecule has 0 fully saturated rings. The Labute approximate surface area is 108 Å². The fourth-order valence-corrected chi connectivity index (χ4v) is 2.28. The molecule has 0 bridgehead atoms. The molecule has 0 heterocycles. The van der Waals surface area contributed by atoms with Crippen molar-refractivity contribution >= 4 is 11.8 Å². The van der Waals surface area contributed by atoms with Crippen molar-refractivity contribution in [3.05, 3.63) is 29.8 Å². The predicted octanol–water partition coefficient (Wildman–Crippen LogP) is 1.99. The molecule has 1 rings (SSSR count). The second-order valence-electron chi connectivity index (χ2n) is 4.00. The first-order valence-corrected chi connectivity index (χ1v) is 7.15. The SMILES string of the molecule is COc1cccc(C(CN)N(C)CCSC)c1. The summed E-state index contributed by atoms with van der Waals surface area (Å²) in [5.41, 5.74) is 7.10. The van der Waals surface area contributed by atoms with Crippen LogP contribution in [0.3, 0.4) is 0 Å². The molecule has 4 heteroatoms. The van der Waals surface area contributed by atoms with Crippen LogP contribution in [0, 0.1) is 0 Å². The van der Waals surface area contributed by atoms with Gasteiger partial charge in [-0.15, -0.1) is 0 Å².